The van der Waals surface area contributed by atoms with E-state index in [1.807, 2.05) is 6.92 Å². The van der Waals surface area contributed by atoms with Gasteiger partial charge in [-0.25, -0.2) is 0 Å². The van der Waals surface area contributed by atoms with Gasteiger partial charge in [0.2, 0.25) is 0 Å². The molecule has 1 atom stereocenters. The van der Waals surface area contributed by atoms with Crippen molar-refractivity contribution in [2.24, 2.45) is 11.7 Å². The lowest BCUT2D eigenvalue weighted by Crippen LogP contribution is -2.50. The van der Waals surface area contributed by atoms with Crippen LogP contribution in [0, 0.1) is 5.92 Å². The van der Waals surface area contributed by atoms with Gasteiger partial charge < -0.3 is 5.73 Å². The average Bonchev–Trinajstić information content (AvgIpc) is 2.37. The van der Waals surface area contributed by atoms with E-state index in [1.54, 1.807) is 7.05 Å². The van der Waals surface area contributed by atoms with Gasteiger partial charge in [0.1, 0.15) is 0 Å². The van der Waals surface area contributed by atoms with E-state index >= 15 is 0 Å². The van der Waals surface area contributed by atoms with Gasteiger partial charge in [-0.1, -0.05) is 26.2 Å². The second-order valence-corrected chi connectivity index (χ2v) is 6.99. The Morgan fingerprint density at radius 2 is 1.94 bits per heavy atom. The Balaban J connectivity index is 2.61. The highest BCUT2D eigenvalue weighted by atomic mass is 32.2. The van der Waals surface area contributed by atoms with Gasteiger partial charge in [0.15, 0.2) is 0 Å². The summed E-state index contributed by atoms with van der Waals surface area (Å²) in [4.78, 5) is 0. The van der Waals surface area contributed by atoms with Gasteiger partial charge in [0, 0.05) is 26.2 Å². The van der Waals surface area contributed by atoms with Gasteiger partial charge in [-0.15, -0.1) is 0 Å². The van der Waals surface area contributed by atoms with Crippen molar-refractivity contribution in [3.63, 3.8) is 0 Å². The van der Waals surface area contributed by atoms with Crippen molar-refractivity contribution in [1.29, 1.82) is 0 Å². The lowest BCUT2D eigenvalue weighted by atomic mass is 9.84. The van der Waals surface area contributed by atoms with Crippen molar-refractivity contribution < 1.29 is 8.42 Å². The molecule has 1 saturated carbocycles. The van der Waals surface area contributed by atoms with Crippen LogP contribution in [-0.4, -0.2) is 38.9 Å². The maximum atomic E-state index is 12.1. The number of nitrogens with one attached hydrogen (secondary N) is 1. The zero-order valence-electron chi connectivity index (χ0n) is 11.6. The van der Waals surface area contributed by atoms with Crippen LogP contribution < -0.4 is 10.5 Å². The molecule has 0 aromatic carbocycles. The smallest absolute Gasteiger partial charge is 0.279 e. The summed E-state index contributed by atoms with van der Waals surface area (Å²) in [6, 6.07) is -0.116. The second-order valence-electron chi connectivity index (χ2n) is 5.18. The molecule has 0 aliphatic heterocycles. The van der Waals surface area contributed by atoms with Crippen LogP contribution in [-0.2, 0) is 10.2 Å². The Morgan fingerprint density at radius 1 is 1.33 bits per heavy atom. The first-order valence-corrected chi connectivity index (χ1v) is 8.39. The van der Waals surface area contributed by atoms with Crippen LogP contribution in [0.2, 0.25) is 0 Å². The molecule has 18 heavy (non-hydrogen) atoms. The summed E-state index contributed by atoms with van der Waals surface area (Å²) in [5, 5.41) is 0. The van der Waals surface area contributed by atoms with E-state index in [1.165, 1.54) is 23.6 Å². The molecule has 0 amide bonds. The zero-order chi connectivity index (χ0) is 13.6. The van der Waals surface area contributed by atoms with E-state index in [0.717, 1.165) is 19.3 Å². The fourth-order valence-corrected chi connectivity index (χ4v) is 3.86. The van der Waals surface area contributed by atoms with E-state index in [4.69, 9.17) is 5.73 Å². The van der Waals surface area contributed by atoms with E-state index < -0.39 is 10.2 Å². The van der Waals surface area contributed by atoms with Crippen molar-refractivity contribution in [1.82, 2.24) is 9.03 Å². The minimum Gasteiger partial charge on any atom is -0.329 e. The molecule has 108 valence electrons. The third-order valence-electron chi connectivity index (χ3n) is 3.72. The summed E-state index contributed by atoms with van der Waals surface area (Å²) in [6.45, 7) is 2.88. The molecule has 0 aromatic rings. The molecule has 1 aliphatic rings. The third kappa shape index (κ3) is 4.50. The lowest BCUT2D eigenvalue weighted by Gasteiger charge is -2.31. The molecule has 6 heteroatoms. The van der Waals surface area contributed by atoms with Crippen LogP contribution in [0.15, 0.2) is 0 Å². The topological polar surface area (TPSA) is 75.4 Å². The van der Waals surface area contributed by atoms with E-state index in [2.05, 4.69) is 4.72 Å². The van der Waals surface area contributed by atoms with Gasteiger partial charge in [-0.05, 0) is 25.2 Å². The van der Waals surface area contributed by atoms with E-state index in [0.29, 0.717) is 19.0 Å². The Hall–Kier alpha value is -0.170. The highest BCUT2D eigenvalue weighted by Crippen LogP contribution is 2.26. The van der Waals surface area contributed by atoms with Gasteiger partial charge in [0.05, 0.1) is 0 Å². The highest BCUT2D eigenvalue weighted by molar-refractivity contribution is 7.87. The number of hydrogen-bond acceptors (Lipinski definition) is 3. The maximum absolute atomic E-state index is 12.1. The van der Waals surface area contributed by atoms with Crippen molar-refractivity contribution in [3.05, 3.63) is 0 Å². The summed E-state index contributed by atoms with van der Waals surface area (Å²) in [6.07, 6.45) is 6.62. The molecule has 0 bridgehead atoms. The predicted molar refractivity (Wildman–Crippen MR) is 74.4 cm³/mol. The van der Waals surface area contributed by atoms with Crippen LogP contribution in [0.3, 0.4) is 0 Å². The zero-order valence-corrected chi connectivity index (χ0v) is 12.4. The number of nitrogens with two attached hydrogens (primary N) is 1. The summed E-state index contributed by atoms with van der Waals surface area (Å²) < 4.78 is 28.3. The van der Waals surface area contributed by atoms with E-state index in [9.17, 15) is 8.42 Å². The van der Waals surface area contributed by atoms with Crippen LogP contribution in [0.1, 0.15) is 45.4 Å². The molecular formula is C12H27N3O2S. The molecule has 0 spiro atoms. The SMILES string of the molecule is CCCN(C)S(=O)(=O)NC(CN)C1CCCCC1. The van der Waals surface area contributed by atoms with Crippen molar-refractivity contribution in [3.8, 4) is 0 Å². The monoisotopic (exact) mass is 277 g/mol. The molecule has 5 nitrogen and oxygen atoms in total. The normalized spacial score (nSPS) is 20.2. The standard InChI is InChI=1S/C12H27N3O2S/c1-3-9-15(2)18(16,17)14-12(10-13)11-7-5-4-6-8-11/h11-12,14H,3-10,13H2,1-2H3. The largest absolute Gasteiger partial charge is 0.329 e. The predicted octanol–water partition coefficient (Wildman–Crippen LogP) is 1.07. The number of rotatable bonds is 7. The fraction of sp³-hybridized carbons (Fsp3) is 1.00. The fourth-order valence-electron chi connectivity index (χ4n) is 2.59. The minimum atomic E-state index is -3.38. The Bertz CT molecular complexity index is 326. The lowest BCUT2D eigenvalue weighted by molar-refractivity contribution is 0.290. The van der Waals surface area contributed by atoms with Crippen molar-refractivity contribution in [2.75, 3.05) is 20.1 Å². The molecular weight excluding hydrogens is 250 g/mol. The second kappa shape index (κ2) is 7.43. The molecule has 1 fully saturated rings. The quantitative estimate of drug-likeness (QED) is 0.731. The summed E-state index contributed by atoms with van der Waals surface area (Å²) in [5.41, 5.74) is 5.74. The van der Waals surface area contributed by atoms with E-state index in [-0.39, 0.29) is 6.04 Å². The Labute approximate surface area is 111 Å². The Morgan fingerprint density at radius 3 is 2.44 bits per heavy atom. The van der Waals surface area contributed by atoms with Gasteiger partial charge in [-0.3, -0.25) is 0 Å². The highest BCUT2D eigenvalue weighted by Gasteiger charge is 2.28. The molecule has 3 N–H and O–H groups in total. The summed E-state index contributed by atoms with van der Waals surface area (Å²) >= 11 is 0. The molecule has 1 rings (SSSR count). The summed E-state index contributed by atoms with van der Waals surface area (Å²) in [7, 11) is -1.77. The molecule has 0 aromatic heterocycles. The van der Waals surface area contributed by atoms with Gasteiger partial charge in [0.25, 0.3) is 10.2 Å². The third-order valence-corrected chi connectivity index (χ3v) is 5.33. The first-order chi connectivity index (χ1) is 8.51. The maximum Gasteiger partial charge on any atom is 0.279 e. The van der Waals surface area contributed by atoms with Crippen LogP contribution in [0.25, 0.3) is 0 Å². The van der Waals surface area contributed by atoms with Gasteiger partial charge in [-0.2, -0.15) is 17.4 Å². The van der Waals surface area contributed by atoms with Crippen LogP contribution >= 0.6 is 0 Å². The first kappa shape index (κ1) is 15.9. The van der Waals surface area contributed by atoms with Crippen molar-refractivity contribution >= 4 is 10.2 Å². The molecule has 1 aliphatic carbocycles. The average molecular weight is 277 g/mol. The first-order valence-electron chi connectivity index (χ1n) is 6.95. The number of hydrogen-bond donors (Lipinski definition) is 2. The molecule has 1 unspecified atom stereocenters. The van der Waals surface area contributed by atoms with Gasteiger partial charge >= 0.3 is 0 Å². The van der Waals surface area contributed by atoms with Crippen LogP contribution in [0.5, 0.6) is 0 Å². The Kier molecular flexibility index (Phi) is 6.55. The number of nitrogens with zero attached hydrogens (tertiary/aromatic N) is 1. The minimum absolute atomic E-state index is 0.116. The molecule has 0 saturated heterocycles. The van der Waals surface area contributed by atoms with Crippen LogP contribution in [0.4, 0.5) is 0 Å². The summed E-state index contributed by atoms with van der Waals surface area (Å²) in [5.74, 6) is 0.397. The molecule has 0 radical (unpaired) electrons. The van der Waals surface area contributed by atoms with Crippen molar-refractivity contribution in [2.45, 2.75) is 51.5 Å². The molecule has 0 heterocycles.